The zero-order valence-corrected chi connectivity index (χ0v) is 8.42. The van der Waals surface area contributed by atoms with Crippen molar-refractivity contribution in [1.29, 1.82) is 0 Å². The number of carbonyl (C=O) groups excluding carboxylic acids is 1. The van der Waals surface area contributed by atoms with Gasteiger partial charge in [0.15, 0.2) is 5.84 Å². The van der Waals surface area contributed by atoms with Gasteiger partial charge in [0.1, 0.15) is 0 Å². The topological polar surface area (TPSA) is 87.7 Å². The maximum Gasteiger partial charge on any atom is 0.226 e. The summed E-state index contributed by atoms with van der Waals surface area (Å²) in [4.78, 5) is 11.7. The van der Waals surface area contributed by atoms with E-state index in [0.717, 1.165) is 25.7 Å². The highest BCUT2D eigenvalue weighted by Gasteiger charge is 2.35. The van der Waals surface area contributed by atoms with Gasteiger partial charge in [-0.1, -0.05) is 24.9 Å². The summed E-state index contributed by atoms with van der Waals surface area (Å²) in [5, 5.41) is 13.7. The molecule has 5 nitrogen and oxygen atoms in total. The van der Waals surface area contributed by atoms with Crippen molar-refractivity contribution in [2.45, 2.75) is 32.6 Å². The predicted molar refractivity (Wildman–Crippen MR) is 53.0 cm³/mol. The van der Waals surface area contributed by atoms with Crippen LogP contribution in [0, 0.1) is 5.41 Å². The highest BCUT2D eigenvalue weighted by Crippen LogP contribution is 2.37. The van der Waals surface area contributed by atoms with Crippen LogP contribution in [0.3, 0.4) is 0 Å². The molecule has 4 N–H and O–H groups in total. The van der Waals surface area contributed by atoms with Gasteiger partial charge in [0, 0.05) is 5.41 Å². The summed E-state index contributed by atoms with van der Waals surface area (Å²) in [5.74, 6) is 0.0292. The van der Waals surface area contributed by atoms with E-state index in [2.05, 4.69) is 10.5 Å². The van der Waals surface area contributed by atoms with E-state index in [1.54, 1.807) is 0 Å². The first-order valence-electron chi connectivity index (χ1n) is 4.83. The van der Waals surface area contributed by atoms with E-state index in [-0.39, 0.29) is 23.7 Å². The van der Waals surface area contributed by atoms with Crippen molar-refractivity contribution < 1.29 is 10.0 Å². The van der Waals surface area contributed by atoms with Crippen molar-refractivity contribution in [3.8, 4) is 0 Å². The second-order valence-corrected chi connectivity index (χ2v) is 4.04. The molecular formula is C9H17N3O2. The van der Waals surface area contributed by atoms with Crippen LogP contribution >= 0.6 is 0 Å². The second kappa shape index (κ2) is 4.30. The lowest BCUT2D eigenvalue weighted by atomic mass is 9.88. The first kappa shape index (κ1) is 10.8. The lowest BCUT2D eigenvalue weighted by Gasteiger charge is -2.21. The molecule has 1 aliphatic carbocycles. The zero-order valence-electron chi connectivity index (χ0n) is 8.42. The Morgan fingerprint density at radius 3 is 2.64 bits per heavy atom. The van der Waals surface area contributed by atoms with Crippen LogP contribution < -0.4 is 11.1 Å². The molecule has 1 rings (SSSR count). The van der Waals surface area contributed by atoms with Gasteiger partial charge in [0.25, 0.3) is 0 Å². The van der Waals surface area contributed by atoms with Crippen molar-refractivity contribution in [2.24, 2.45) is 16.3 Å². The minimum atomic E-state index is -0.254. The first-order valence-corrected chi connectivity index (χ1v) is 4.83. The lowest BCUT2D eigenvalue weighted by Crippen LogP contribution is -2.41. The number of hydrogen-bond acceptors (Lipinski definition) is 3. The van der Waals surface area contributed by atoms with Crippen LogP contribution in [0.4, 0.5) is 0 Å². The number of amides is 1. The average molecular weight is 199 g/mol. The molecule has 80 valence electrons. The van der Waals surface area contributed by atoms with Gasteiger partial charge in [-0.15, -0.1) is 0 Å². The Hall–Kier alpha value is -1.26. The SMILES string of the molecule is CC1(C(=O)NCC(N)=NO)CCCC1. The highest BCUT2D eigenvalue weighted by atomic mass is 16.4. The number of nitrogens with two attached hydrogens (primary N) is 1. The fourth-order valence-corrected chi connectivity index (χ4v) is 1.80. The predicted octanol–water partition coefficient (Wildman–Crippen LogP) is 0.429. The molecule has 5 heteroatoms. The molecule has 0 aliphatic heterocycles. The third-order valence-corrected chi connectivity index (χ3v) is 2.81. The van der Waals surface area contributed by atoms with E-state index in [0.29, 0.717) is 0 Å². The Bertz CT molecular complexity index is 244. The molecule has 0 atom stereocenters. The van der Waals surface area contributed by atoms with Crippen molar-refractivity contribution in [1.82, 2.24) is 5.32 Å². The quantitative estimate of drug-likeness (QED) is 0.266. The van der Waals surface area contributed by atoms with Gasteiger partial charge >= 0.3 is 0 Å². The number of oxime groups is 1. The third-order valence-electron chi connectivity index (χ3n) is 2.81. The smallest absolute Gasteiger partial charge is 0.226 e. The van der Waals surface area contributed by atoms with Crippen molar-refractivity contribution in [2.75, 3.05) is 6.54 Å². The van der Waals surface area contributed by atoms with Crippen LogP contribution in [0.25, 0.3) is 0 Å². The van der Waals surface area contributed by atoms with Gasteiger partial charge in [-0.2, -0.15) is 0 Å². The van der Waals surface area contributed by atoms with Gasteiger partial charge in [-0.3, -0.25) is 4.79 Å². The molecule has 0 unspecified atom stereocenters. The van der Waals surface area contributed by atoms with E-state index in [4.69, 9.17) is 10.9 Å². The van der Waals surface area contributed by atoms with E-state index in [1.807, 2.05) is 6.92 Å². The largest absolute Gasteiger partial charge is 0.409 e. The van der Waals surface area contributed by atoms with Gasteiger partial charge < -0.3 is 16.3 Å². The summed E-state index contributed by atoms with van der Waals surface area (Å²) in [6, 6.07) is 0. The number of carbonyl (C=O) groups is 1. The van der Waals surface area contributed by atoms with Crippen LogP contribution in [0.5, 0.6) is 0 Å². The van der Waals surface area contributed by atoms with Crippen LogP contribution in [0.15, 0.2) is 5.16 Å². The molecule has 1 amide bonds. The molecule has 0 aromatic rings. The Balaban J connectivity index is 2.42. The zero-order chi connectivity index (χ0) is 10.6. The summed E-state index contributed by atoms with van der Waals surface area (Å²) in [7, 11) is 0. The molecule has 0 heterocycles. The molecule has 0 aromatic heterocycles. The van der Waals surface area contributed by atoms with Crippen LogP contribution in [0.2, 0.25) is 0 Å². The number of nitrogens with one attached hydrogen (secondary N) is 1. The molecule has 0 radical (unpaired) electrons. The molecule has 0 saturated heterocycles. The molecule has 1 aliphatic rings. The van der Waals surface area contributed by atoms with E-state index >= 15 is 0 Å². The molecule has 14 heavy (non-hydrogen) atoms. The van der Waals surface area contributed by atoms with E-state index in [1.165, 1.54) is 0 Å². The van der Waals surface area contributed by atoms with Crippen molar-refractivity contribution in [3.05, 3.63) is 0 Å². The third kappa shape index (κ3) is 2.37. The monoisotopic (exact) mass is 199 g/mol. The molecular weight excluding hydrogens is 182 g/mol. The summed E-state index contributed by atoms with van der Waals surface area (Å²) < 4.78 is 0. The van der Waals surface area contributed by atoms with Crippen molar-refractivity contribution >= 4 is 11.7 Å². The van der Waals surface area contributed by atoms with Crippen LogP contribution in [-0.2, 0) is 4.79 Å². The molecule has 1 fully saturated rings. The lowest BCUT2D eigenvalue weighted by molar-refractivity contribution is -0.129. The second-order valence-electron chi connectivity index (χ2n) is 4.04. The Kier molecular flexibility index (Phi) is 3.33. The number of hydrogen-bond donors (Lipinski definition) is 3. The highest BCUT2D eigenvalue weighted by molar-refractivity contribution is 5.89. The first-order chi connectivity index (χ1) is 6.58. The number of rotatable bonds is 3. The van der Waals surface area contributed by atoms with Gasteiger partial charge in [-0.25, -0.2) is 0 Å². The van der Waals surface area contributed by atoms with Crippen LogP contribution in [0.1, 0.15) is 32.6 Å². The van der Waals surface area contributed by atoms with E-state index < -0.39 is 0 Å². The maximum atomic E-state index is 11.7. The normalized spacial score (nSPS) is 20.8. The number of amidine groups is 1. The Morgan fingerprint density at radius 1 is 1.57 bits per heavy atom. The van der Waals surface area contributed by atoms with Gasteiger partial charge in [0.2, 0.25) is 5.91 Å². The molecule has 0 spiro atoms. The van der Waals surface area contributed by atoms with Crippen LogP contribution in [-0.4, -0.2) is 23.5 Å². The van der Waals surface area contributed by atoms with E-state index in [9.17, 15) is 4.79 Å². The summed E-state index contributed by atoms with van der Waals surface area (Å²) in [6.07, 6.45) is 4.06. The van der Waals surface area contributed by atoms with Crippen molar-refractivity contribution in [3.63, 3.8) is 0 Å². The summed E-state index contributed by atoms with van der Waals surface area (Å²) in [5.41, 5.74) is 4.99. The number of nitrogens with zero attached hydrogens (tertiary/aromatic N) is 1. The molecule has 0 aromatic carbocycles. The fraction of sp³-hybridized carbons (Fsp3) is 0.778. The Morgan fingerprint density at radius 2 is 2.14 bits per heavy atom. The van der Waals surface area contributed by atoms with Gasteiger partial charge in [-0.05, 0) is 12.8 Å². The van der Waals surface area contributed by atoms with Gasteiger partial charge in [0.05, 0.1) is 6.54 Å². The maximum absolute atomic E-state index is 11.7. The molecule has 0 bridgehead atoms. The Labute approximate surface area is 83.3 Å². The summed E-state index contributed by atoms with van der Waals surface area (Å²) in [6.45, 7) is 2.08. The average Bonchev–Trinajstić information content (AvgIpc) is 2.62. The molecule has 1 saturated carbocycles. The fourth-order valence-electron chi connectivity index (χ4n) is 1.80. The minimum absolute atomic E-state index is 0.00148. The minimum Gasteiger partial charge on any atom is -0.409 e. The summed E-state index contributed by atoms with van der Waals surface area (Å²) >= 11 is 0. The standard InChI is InChI=1S/C9H17N3O2/c1-9(4-2-3-5-9)8(13)11-6-7(10)12-14/h14H,2-6H2,1H3,(H2,10,12)(H,11,13).